The number of aromatic nitrogens is 4. The lowest BCUT2D eigenvalue weighted by atomic mass is 10.1. The summed E-state index contributed by atoms with van der Waals surface area (Å²) in [5, 5.41) is 13.7. The van der Waals surface area contributed by atoms with Gasteiger partial charge in [0.2, 0.25) is 0 Å². The van der Waals surface area contributed by atoms with Gasteiger partial charge < -0.3 is 10.6 Å². The van der Waals surface area contributed by atoms with Crippen molar-refractivity contribution in [3.05, 3.63) is 64.6 Å². The Morgan fingerprint density at radius 3 is 2.77 bits per heavy atom. The number of likely N-dealkylation sites (tertiary alicyclic amines) is 1. The first kappa shape index (κ1) is 23.0. The quantitative estimate of drug-likeness (QED) is 0.465. The standard InChI is InChI=1S/C24H20ClF2N7O/c1-32-11-15-7-17(9-19(27)20(15)31-32)34-22(25)21(24(35)33-6-2-3-16(29)12-33)30-23(34)13-4-5-14(10-28)18(26)8-13/h4-5,7-9,11,16H,2-3,6,12,29H2,1H3/t16-/m1/s1. The van der Waals surface area contributed by atoms with Gasteiger partial charge in [0.15, 0.2) is 11.5 Å². The zero-order valence-corrected chi connectivity index (χ0v) is 19.4. The van der Waals surface area contributed by atoms with Gasteiger partial charge in [0.1, 0.15) is 28.4 Å². The topological polar surface area (TPSA) is 106 Å². The molecule has 11 heteroatoms. The Labute approximate surface area is 204 Å². The van der Waals surface area contributed by atoms with Gasteiger partial charge in [-0.3, -0.25) is 14.0 Å². The summed E-state index contributed by atoms with van der Waals surface area (Å²) >= 11 is 6.70. The molecule has 1 aliphatic rings. The summed E-state index contributed by atoms with van der Waals surface area (Å²) in [6.07, 6.45) is 3.21. The van der Waals surface area contributed by atoms with Crippen LogP contribution >= 0.6 is 11.6 Å². The van der Waals surface area contributed by atoms with E-state index in [1.54, 1.807) is 30.3 Å². The van der Waals surface area contributed by atoms with Crippen LogP contribution < -0.4 is 5.73 Å². The predicted molar refractivity (Wildman–Crippen MR) is 126 cm³/mol. The molecule has 0 bridgehead atoms. The Kier molecular flexibility index (Phi) is 5.75. The van der Waals surface area contributed by atoms with Crippen LogP contribution in [0.15, 0.2) is 36.5 Å². The van der Waals surface area contributed by atoms with Crippen LogP contribution in [0, 0.1) is 23.0 Å². The molecule has 0 saturated carbocycles. The summed E-state index contributed by atoms with van der Waals surface area (Å²) in [6, 6.07) is 8.47. The molecular weight excluding hydrogens is 476 g/mol. The number of hydrogen-bond donors (Lipinski definition) is 1. The van der Waals surface area contributed by atoms with E-state index < -0.39 is 17.5 Å². The van der Waals surface area contributed by atoms with Gasteiger partial charge in [-0.25, -0.2) is 13.8 Å². The van der Waals surface area contributed by atoms with Crippen molar-refractivity contribution in [1.82, 2.24) is 24.2 Å². The number of rotatable bonds is 3. The van der Waals surface area contributed by atoms with Crippen LogP contribution in [0.2, 0.25) is 5.15 Å². The molecule has 2 aromatic carbocycles. The molecule has 0 radical (unpaired) electrons. The maximum absolute atomic E-state index is 14.9. The largest absolute Gasteiger partial charge is 0.336 e. The van der Waals surface area contributed by atoms with E-state index in [-0.39, 0.29) is 45.0 Å². The number of carbonyl (C=O) groups excluding carboxylic acids is 1. The van der Waals surface area contributed by atoms with E-state index in [2.05, 4.69) is 10.1 Å². The number of imidazole rings is 1. The van der Waals surface area contributed by atoms with E-state index in [1.165, 1.54) is 27.4 Å². The molecule has 2 N–H and O–H groups in total. The Morgan fingerprint density at radius 2 is 2.06 bits per heavy atom. The zero-order valence-electron chi connectivity index (χ0n) is 18.7. The summed E-state index contributed by atoms with van der Waals surface area (Å²) in [4.78, 5) is 19.4. The number of fused-ring (bicyclic) bond motifs is 1. The first-order valence-electron chi connectivity index (χ1n) is 10.9. The maximum atomic E-state index is 14.9. The molecule has 1 amide bonds. The highest BCUT2D eigenvalue weighted by Gasteiger charge is 2.30. The van der Waals surface area contributed by atoms with Crippen molar-refractivity contribution in [2.75, 3.05) is 13.1 Å². The smallest absolute Gasteiger partial charge is 0.275 e. The molecule has 0 spiro atoms. The van der Waals surface area contributed by atoms with Gasteiger partial charge in [0.05, 0.1) is 11.3 Å². The molecule has 1 saturated heterocycles. The number of nitrogens with zero attached hydrogens (tertiary/aromatic N) is 6. The molecular formula is C24H20ClF2N7O. The van der Waals surface area contributed by atoms with Gasteiger partial charge >= 0.3 is 0 Å². The molecule has 0 unspecified atom stereocenters. The van der Waals surface area contributed by atoms with E-state index in [1.807, 2.05) is 0 Å². The van der Waals surface area contributed by atoms with E-state index in [9.17, 15) is 13.6 Å². The molecule has 5 rings (SSSR count). The SMILES string of the molecule is Cn1cc2cc(-n3c(-c4ccc(C#N)c(F)c4)nc(C(=O)N4CCC[C@@H](N)C4)c3Cl)cc(F)c2n1. The maximum Gasteiger partial charge on any atom is 0.275 e. The monoisotopic (exact) mass is 495 g/mol. The molecule has 4 aromatic rings. The summed E-state index contributed by atoms with van der Waals surface area (Å²) in [7, 11) is 1.67. The Bertz CT molecular complexity index is 1520. The van der Waals surface area contributed by atoms with Gasteiger partial charge in [-0.15, -0.1) is 0 Å². The van der Waals surface area contributed by atoms with Crippen LogP contribution in [-0.2, 0) is 7.05 Å². The van der Waals surface area contributed by atoms with E-state index in [4.69, 9.17) is 22.6 Å². The second-order valence-electron chi connectivity index (χ2n) is 8.54. The summed E-state index contributed by atoms with van der Waals surface area (Å²) < 4.78 is 32.3. The van der Waals surface area contributed by atoms with Crippen LogP contribution in [-0.4, -0.2) is 49.3 Å². The lowest BCUT2D eigenvalue weighted by Crippen LogP contribution is -2.45. The third-order valence-corrected chi connectivity index (χ3v) is 6.38. The molecule has 1 atom stereocenters. The van der Waals surface area contributed by atoms with Crippen molar-refractivity contribution in [2.45, 2.75) is 18.9 Å². The summed E-state index contributed by atoms with van der Waals surface area (Å²) in [5.74, 6) is -1.62. The number of aryl methyl sites for hydroxylation is 1. The molecule has 0 aliphatic carbocycles. The van der Waals surface area contributed by atoms with E-state index in [0.29, 0.717) is 18.5 Å². The molecule has 1 aliphatic heterocycles. The lowest BCUT2D eigenvalue weighted by Gasteiger charge is -2.30. The van der Waals surface area contributed by atoms with E-state index in [0.717, 1.165) is 18.9 Å². The number of carbonyl (C=O) groups is 1. The van der Waals surface area contributed by atoms with Crippen molar-refractivity contribution in [3.63, 3.8) is 0 Å². The average molecular weight is 496 g/mol. The lowest BCUT2D eigenvalue weighted by molar-refractivity contribution is 0.0703. The third kappa shape index (κ3) is 4.03. The minimum Gasteiger partial charge on any atom is -0.336 e. The first-order chi connectivity index (χ1) is 16.8. The van der Waals surface area contributed by atoms with Crippen LogP contribution in [0.1, 0.15) is 28.9 Å². The van der Waals surface area contributed by atoms with Gasteiger partial charge in [-0.2, -0.15) is 10.4 Å². The van der Waals surface area contributed by atoms with Crippen LogP contribution in [0.3, 0.4) is 0 Å². The van der Waals surface area contributed by atoms with Crippen molar-refractivity contribution in [1.29, 1.82) is 5.26 Å². The number of amides is 1. The molecule has 2 aromatic heterocycles. The van der Waals surface area contributed by atoms with Gasteiger partial charge in [0, 0.05) is 49.4 Å². The molecule has 35 heavy (non-hydrogen) atoms. The second-order valence-corrected chi connectivity index (χ2v) is 8.90. The summed E-state index contributed by atoms with van der Waals surface area (Å²) in [6.45, 7) is 0.867. The van der Waals surface area contributed by atoms with Crippen LogP contribution in [0.5, 0.6) is 0 Å². The third-order valence-electron chi connectivity index (χ3n) is 6.04. The highest BCUT2D eigenvalue weighted by atomic mass is 35.5. The van der Waals surface area contributed by atoms with Gasteiger partial charge in [-0.1, -0.05) is 11.6 Å². The molecule has 1 fully saturated rings. The summed E-state index contributed by atoms with van der Waals surface area (Å²) in [5.41, 5.74) is 6.59. The van der Waals surface area contributed by atoms with Crippen molar-refractivity contribution < 1.29 is 13.6 Å². The fourth-order valence-electron chi connectivity index (χ4n) is 4.38. The van der Waals surface area contributed by atoms with Crippen molar-refractivity contribution in [3.8, 4) is 23.1 Å². The number of hydrogen-bond acceptors (Lipinski definition) is 5. The number of halogens is 3. The fraction of sp³-hybridized carbons (Fsp3) is 0.250. The van der Waals surface area contributed by atoms with Crippen molar-refractivity contribution >= 4 is 28.4 Å². The minimum atomic E-state index is -0.751. The predicted octanol–water partition coefficient (Wildman–Crippen LogP) is 3.79. The Hall–Kier alpha value is -3.81. The number of piperidine rings is 1. The number of nitriles is 1. The highest BCUT2D eigenvalue weighted by Crippen LogP contribution is 2.33. The number of benzene rings is 2. The highest BCUT2D eigenvalue weighted by molar-refractivity contribution is 6.33. The normalized spacial score (nSPS) is 16.0. The zero-order chi connectivity index (χ0) is 24.9. The van der Waals surface area contributed by atoms with Gasteiger partial charge in [0.25, 0.3) is 5.91 Å². The second kappa shape index (κ2) is 8.76. The number of nitrogens with two attached hydrogens (primary N) is 1. The molecule has 3 heterocycles. The van der Waals surface area contributed by atoms with Crippen LogP contribution in [0.25, 0.3) is 28.0 Å². The molecule has 8 nitrogen and oxygen atoms in total. The minimum absolute atomic E-state index is 0.0449. The Balaban J connectivity index is 1.71. The van der Waals surface area contributed by atoms with E-state index >= 15 is 0 Å². The first-order valence-corrected chi connectivity index (χ1v) is 11.3. The van der Waals surface area contributed by atoms with Gasteiger partial charge in [-0.05, 0) is 37.1 Å². The van der Waals surface area contributed by atoms with Crippen LogP contribution in [0.4, 0.5) is 8.78 Å². The molecule has 178 valence electrons. The Morgan fingerprint density at radius 1 is 1.26 bits per heavy atom. The van der Waals surface area contributed by atoms with Crippen molar-refractivity contribution in [2.24, 2.45) is 12.8 Å². The average Bonchev–Trinajstić information content (AvgIpc) is 3.38. The fourth-order valence-corrected chi connectivity index (χ4v) is 4.68.